The molecule has 2 aliphatic heterocycles. The Bertz CT molecular complexity index is 540. The van der Waals surface area contributed by atoms with E-state index in [9.17, 15) is 4.79 Å². The molecule has 0 N–H and O–H groups in total. The molecule has 1 amide bonds. The van der Waals surface area contributed by atoms with Crippen LogP contribution in [0.2, 0.25) is 0 Å². The van der Waals surface area contributed by atoms with Gasteiger partial charge < -0.3 is 4.90 Å². The largest absolute Gasteiger partial charge is 0.339 e. The van der Waals surface area contributed by atoms with Crippen LogP contribution in [0.5, 0.6) is 0 Å². The van der Waals surface area contributed by atoms with Crippen LogP contribution < -0.4 is 0 Å². The zero-order chi connectivity index (χ0) is 15.6. The van der Waals surface area contributed by atoms with Crippen molar-refractivity contribution in [3.63, 3.8) is 0 Å². The molecule has 2 heterocycles. The maximum absolute atomic E-state index is 13.1. The molecule has 0 spiro atoms. The first-order valence-corrected chi connectivity index (χ1v) is 10.4. The van der Waals surface area contributed by atoms with Gasteiger partial charge in [-0.1, -0.05) is 43.2 Å². The third-order valence-corrected chi connectivity index (χ3v) is 7.22. The summed E-state index contributed by atoms with van der Waals surface area (Å²) >= 11 is 2.01. The molecule has 1 aliphatic carbocycles. The molecule has 3 fully saturated rings. The second-order valence-corrected chi connectivity index (χ2v) is 8.63. The highest BCUT2D eigenvalue weighted by Gasteiger charge is 2.46. The number of rotatable bonds is 2. The SMILES string of the molecule is O=C(C1CCSCC1)N1CC(c2ccccc2)C2CCCCC21. The van der Waals surface area contributed by atoms with E-state index in [1.54, 1.807) is 0 Å². The average molecular weight is 330 g/mol. The lowest BCUT2D eigenvalue weighted by atomic mass is 9.77. The van der Waals surface area contributed by atoms with Crippen LogP contribution in [0.25, 0.3) is 0 Å². The van der Waals surface area contributed by atoms with Crippen molar-refractivity contribution in [3.8, 4) is 0 Å². The number of amides is 1. The molecular weight excluding hydrogens is 302 g/mol. The number of carbonyl (C=O) groups is 1. The molecule has 3 aliphatic rings. The van der Waals surface area contributed by atoms with Crippen molar-refractivity contribution < 1.29 is 4.79 Å². The second kappa shape index (κ2) is 6.88. The molecule has 4 rings (SSSR count). The van der Waals surface area contributed by atoms with Crippen LogP contribution >= 0.6 is 11.8 Å². The molecule has 3 atom stereocenters. The minimum absolute atomic E-state index is 0.299. The van der Waals surface area contributed by atoms with Gasteiger partial charge in [0.15, 0.2) is 0 Å². The first-order chi connectivity index (χ1) is 11.3. The molecule has 3 heteroatoms. The topological polar surface area (TPSA) is 20.3 Å². The summed E-state index contributed by atoms with van der Waals surface area (Å²) in [4.78, 5) is 15.5. The maximum Gasteiger partial charge on any atom is 0.226 e. The standard InChI is InChI=1S/C20H27NOS/c22-20(16-10-12-23-13-11-16)21-14-18(15-6-2-1-3-7-15)17-8-4-5-9-19(17)21/h1-3,6-7,16-19H,4-5,8-14H2. The normalized spacial score (nSPS) is 31.8. The van der Waals surface area contributed by atoms with E-state index >= 15 is 0 Å². The molecule has 1 aromatic rings. The van der Waals surface area contributed by atoms with Gasteiger partial charge in [0.1, 0.15) is 0 Å². The lowest BCUT2D eigenvalue weighted by Gasteiger charge is -2.35. The molecule has 2 nitrogen and oxygen atoms in total. The van der Waals surface area contributed by atoms with E-state index in [4.69, 9.17) is 0 Å². The van der Waals surface area contributed by atoms with E-state index in [1.807, 2.05) is 11.8 Å². The minimum Gasteiger partial charge on any atom is -0.339 e. The first kappa shape index (κ1) is 15.6. The number of benzene rings is 1. The fraction of sp³-hybridized carbons (Fsp3) is 0.650. The Kier molecular flexibility index (Phi) is 4.66. The van der Waals surface area contributed by atoms with Gasteiger partial charge >= 0.3 is 0 Å². The molecule has 0 aromatic heterocycles. The van der Waals surface area contributed by atoms with Gasteiger partial charge in [-0.2, -0.15) is 11.8 Å². The summed E-state index contributed by atoms with van der Waals surface area (Å²) in [6.45, 7) is 0.960. The van der Waals surface area contributed by atoms with Crippen LogP contribution in [0.4, 0.5) is 0 Å². The van der Waals surface area contributed by atoms with Crippen LogP contribution in [0.1, 0.15) is 50.0 Å². The van der Waals surface area contributed by atoms with Gasteiger partial charge in [0.25, 0.3) is 0 Å². The second-order valence-electron chi connectivity index (χ2n) is 7.41. The Balaban J connectivity index is 1.56. The van der Waals surface area contributed by atoms with Crippen LogP contribution in [-0.4, -0.2) is 34.9 Å². The molecule has 0 bridgehead atoms. The van der Waals surface area contributed by atoms with Gasteiger partial charge in [0, 0.05) is 24.4 Å². The fourth-order valence-corrected chi connectivity index (χ4v) is 6.07. The fourth-order valence-electron chi connectivity index (χ4n) is 4.96. The highest BCUT2D eigenvalue weighted by atomic mass is 32.2. The van der Waals surface area contributed by atoms with Gasteiger partial charge in [-0.05, 0) is 48.7 Å². The highest BCUT2D eigenvalue weighted by molar-refractivity contribution is 7.99. The Morgan fingerprint density at radius 1 is 1.00 bits per heavy atom. The Hall–Kier alpha value is -0.960. The van der Waals surface area contributed by atoms with Crippen molar-refractivity contribution in [2.24, 2.45) is 11.8 Å². The van der Waals surface area contributed by atoms with E-state index < -0.39 is 0 Å². The Labute approximate surface area is 144 Å². The summed E-state index contributed by atoms with van der Waals surface area (Å²) in [5.74, 6) is 4.35. The molecule has 23 heavy (non-hydrogen) atoms. The van der Waals surface area contributed by atoms with E-state index in [-0.39, 0.29) is 0 Å². The number of hydrogen-bond donors (Lipinski definition) is 0. The van der Waals surface area contributed by atoms with Crippen LogP contribution in [0.3, 0.4) is 0 Å². The monoisotopic (exact) mass is 329 g/mol. The summed E-state index contributed by atoms with van der Waals surface area (Å²) in [5.41, 5.74) is 1.44. The zero-order valence-corrected chi connectivity index (χ0v) is 14.6. The molecule has 1 aromatic carbocycles. The van der Waals surface area contributed by atoms with E-state index in [2.05, 4.69) is 35.2 Å². The molecule has 0 radical (unpaired) electrons. The quantitative estimate of drug-likeness (QED) is 0.805. The van der Waals surface area contributed by atoms with Crippen molar-refractivity contribution >= 4 is 17.7 Å². The van der Waals surface area contributed by atoms with E-state index in [1.165, 1.54) is 42.8 Å². The average Bonchev–Trinajstić information content (AvgIpc) is 3.02. The predicted octanol–water partition coefficient (Wildman–Crippen LogP) is 4.31. The number of carbonyl (C=O) groups excluding carboxylic acids is 1. The number of nitrogens with zero attached hydrogens (tertiary/aromatic N) is 1. The van der Waals surface area contributed by atoms with Gasteiger partial charge in [-0.25, -0.2) is 0 Å². The predicted molar refractivity (Wildman–Crippen MR) is 96.7 cm³/mol. The summed E-state index contributed by atoms with van der Waals surface area (Å²) in [5, 5.41) is 0. The van der Waals surface area contributed by atoms with Crippen molar-refractivity contribution in [3.05, 3.63) is 35.9 Å². The van der Waals surface area contributed by atoms with Gasteiger partial charge in [0.2, 0.25) is 5.91 Å². The first-order valence-electron chi connectivity index (χ1n) is 9.28. The molecule has 1 saturated carbocycles. The van der Waals surface area contributed by atoms with E-state index in [0.29, 0.717) is 29.7 Å². The lowest BCUT2D eigenvalue weighted by Crippen LogP contribution is -2.43. The maximum atomic E-state index is 13.1. The summed E-state index contributed by atoms with van der Waals surface area (Å²) in [6.07, 6.45) is 7.34. The minimum atomic E-state index is 0.299. The van der Waals surface area contributed by atoms with Crippen molar-refractivity contribution in [1.29, 1.82) is 0 Å². The lowest BCUT2D eigenvalue weighted by molar-refractivity contribution is -0.137. The number of likely N-dealkylation sites (tertiary alicyclic amines) is 1. The van der Waals surface area contributed by atoms with Gasteiger partial charge in [-0.3, -0.25) is 4.79 Å². The van der Waals surface area contributed by atoms with Crippen molar-refractivity contribution in [2.75, 3.05) is 18.1 Å². The summed E-state index contributed by atoms with van der Waals surface area (Å²) in [7, 11) is 0. The van der Waals surface area contributed by atoms with Crippen LogP contribution in [-0.2, 0) is 4.79 Å². The van der Waals surface area contributed by atoms with Gasteiger partial charge in [0.05, 0.1) is 0 Å². The Morgan fingerprint density at radius 2 is 1.74 bits per heavy atom. The van der Waals surface area contributed by atoms with Crippen molar-refractivity contribution in [1.82, 2.24) is 4.90 Å². The number of thioether (sulfide) groups is 1. The van der Waals surface area contributed by atoms with Gasteiger partial charge in [-0.15, -0.1) is 0 Å². The summed E-state index contributed by atoms with van der Waals surface area (Å²) in [6, 6.07) is 11.4. The van der Waals surface area contributed by atoms with Crippen LogP contribution in [0, 0.1) is 11.8 Å². The van der Waals surface area contributed by atoms with Crippen LogP contribution in [0.15, 0.2) is 30.3 Å². The highest BCUT2D eigenvalue weighted by Crippen LogP contribution is 2.45. The smallest absolute Gasteiger partial charge is 0.226 e. The Morgan fingerprint density at radius 3 is 2.52 bits per heavy atom. The van der Waals surface area contributed by atoms with Crippen molar-refractivity contribution in [2.45, 2.75) is 50.5 Å². The third-order valence-electron chi connectivity index (χ3n) is 6.17. The molecule has 124 valence electrons. The molecular formula is C20H27NOS. The number of fused-ring (bicyclic) bond motifs is 1. The van der Waals surface area contributed by atoms with E-state index in [0.717, 1.165) is 19.4 Å². The molecule has 2 saturated heterocycles. The molecule has 3 unspecified atom stereocenters. The zero-order valence-electron chi connectivity index (χ0n) is 13.8. The third kappa shape index (κ3) is 3.05. The number of hydrogen-bond acceptors (Lipinski definition) is 2. The summed E-state index contributed by atoms with van der Waals surface area (Å²) < 4.78 is 0.